The number of carbonyl (C=O) groups is 2. The van der Waals surface area contributed by atoms with Crippen LogP contribution in [0, 0.1) is 0 Å². The Morgan fingerprint density at radius 3 is 2.47 bits per heavy atom. The Balaban J connectivity index is 2.62. The van der Waals surface area contributed by atoms with Crippen LogP contribution < -0.4 is 5.32 Å². The number of carbonyl (C=O) groups excluding carboxylic acids is 1. The fourth-order valence-electron chi connectivity index (χ4n) is 1.08. The van der Waals surface area contributed by atoms with Crippen molar-refractivity contribution in [3.63, 3.8) is 0 Å². The molecule has 6 heteroatoms. The second kappa shape index (κ2) is 5.84. The Kier molecular flexibility index (Phi) is 4.72. The van der Waals surface area contributed by atoms with Crippen LogP contribution in [0.2, 0.25) is 4.34 Å². The average molecular weight is 274 g/mol. The number of amides is 1. The van der Waals surface area contributed by atoms with Gasteiger partial charge in [-0.25, -0.2) is 4.79 Å². The standard InChI is InChI=1S/C11H12ClNO3S/c1-6(7(2)11(15)16)10(14)13-5-8-3-4-9(12)17-8/h3-4H,5H2,1-2H3,(H,13,14)(H,15,16). The van der Waals surface area contributed by atoms with Gasteiger partial charge in [-0.1, -0.05) is 11.6 Å². The summed E-state index contributed by atoms with van der Waals surface area (Å²) in [5.74, 6) is -1.47. The molecular formula is C11H12ClNO3S. The van der Waals surface area contributed by atoms with Crippen molar-refractivity contribution in [1.29, 1.82) is 0 Å². The predicted molar refractivity (Wildman–Crippen MR) is 67.2 cm³/mol. The molecule has 0 bridgehead atoms. The number of halogens is 1. The third-order valence-corrected chi connectivity index (χ3v) is 3.51. The number of nitrogens with one attached hydrogen (secondary N) is 1. The van der Waals surface area contributed by atoms with Gasteiger partial charge in [0.25, 0.3) is 0 Å². The molecule has 0 radical (unpaired) electrons. The van der Waals surface area contributed by atoms with Crippen LogP contribution >= 0.6 is 22.9 Å². The largest absolute Gasteiger partial charge is 0.478 e. The molecule has 0 atom stereocenters. The van der Waals surface area contributed by atoms with Gasteiger partial charge < -0.3 is 10.4 Å². The summed E-state index contributed by atoms with van der Waals surface area (Å²) in [6.45, 7) is 3.24. The van der Waals surface area contributed by atoms with E-state index < -0.39 is 5.97 Å². The zero-order valence-corrected chi connectivity index (χ0v) is 11.0. The van der Waals surface area contributed by atoms with Crippen molar-refractivity contribution in [3.05, 3.63) is 32.5 Å². The van der Waals surface area contributed by atoms with E-state index in [0.29, 0.717) is 10.9 Å². The molecule has 2 N–H and O–H groups in total. The van der Waals surface area contributed by atoms with Gasteiger partial charge in [0.2, 0.25) is 5.91 Å². The normalized spacial score (nSPS) is 11.9. The van der Waals surface area contributed by atoms with E-state index in [4.69, 9.17) is 16.7 Å². The van der Waals surface area contributed by atoms with Crippen LogP contribution in [0.1, 0.15) is 18.7 Å². The molecule has 0 spiro atoms. The van der Waals surface area contributed by atoms with E-state index in [0.717, 1.165) is 4.88 Å². The van der Waals surface area contributed by atoms with Crippen molar-refractivity contribution >= 4 is 34.8 Å². The molecule has 0 fully saturated rings. The molecule has 0 aromatic carbocycles. The van der Waals surface area contributed by atoms with Gasteiger partial charge in [-0.2, -0.15) is 0 Å². The molecule has 1 amide bonds. The first-order valence-corrected chi connectivity index (χ1v) is 6.04. The maximum absolute atomic E-state index is 11.6. The SMILES string of the molecule is CC(C(=O)O)=C(C)C(=O)NCc1ccc(Cl)s1. The van der Waals surface area contributed by atoms with E-state index in [2.05, 4.69) is 5.32 Å². The summed E-state index contributed by atoms with van der Waals surface area (Å²) in [5.41, 5.74) is 0.256. The maximum atomic E-state index is 11.6. The highest BCUT2D eigenvalue weighted by Crippen LogP contribution is 2.21. The van der Waals surface area contributed by atoms with E-state index in [9.17, 15) is 9.59 Å². The van der Waals surface area contributed by atoms with Crippen molar-refractivity contribution in [2.75, 3.05) is 0 Å². The molecule has 0 saturated heterocycles. The van der Waals surface area contributed by atoms with E-state index in [-0.39, 0.29) is 17.1 Å². The third kappa shape index (κ3) is 3.87. The molecule has 1 heterocycles. The average Bonchev–Trinajstić information content (AvgIpc) is 2.69. The van der Waals surface area contributed by atoms with E-state index >= 15 is 0 Å². The first-order chi connectivity index (χ1) is 7.91. The summed E-state index contributed by atoms with van der Waals surface area (Å²) in [6, 6.07) is 3.56. The predicted octanol–water partition coefficient (Wildman–Crippen LogP) is 2.44. The number of rotatable bonds is 4. The molecule has 1 aromatic heterocycles. The number of hydrogen-bond donors (Lipinski definition) is 2. The van der Waals surface area contributed by atoms with Crippen LogP contribution in [0.15, 0.2) is 23.3 Å². The van der Waals surface area contributed by atoms with Gasteiger partial charge in [0.1, 0.15) is 0 Å². The van der Waals surface area contributed by atoms with Gasteiger partial charge in [-0.15, -0.1) is 11.3 Å². The second-order valence-corrected chi connectivity index (χ2v) is 5.24. The highest BCUT2D eigenvalue weighted by atomic mass is 35.5. The Morgan fingerprint density at radius 2 is 2.00 bits per heavy atom. The minimum absolute atomic E-state index is 0.0479. The lowest BCUT2D eigenvalue weighted by molar-refractivity contribution is -0.133. The van der Waals surface area contributed by atoms with Crippen molar-refractivity contribution in [1.82, 2.24) is 5.32 Å². The van der Waals surface area contributed by atoms with E-state index in [1.807, 2.05) is 6.07 Å². The lowest BCUT2D eigenvalue weighted by Gasteiger charge is -2.05. The number of carboxylic acids is 1. The fourth-order valence-corrected chi connectivity index (χ4v) is 2.10. The van der Waals surface area contributed by atoms with E-state index in [1.165, 1.54) is 25.2 Å². The monoisotopic (exact) mass is 273 g/mol. The van der Waals surface area contributed by atoms with Crippen LogP contribution in [-0.4, -0.2) is 17.0 Å². The highest BCUT2D eigenvalue weighted by molar-refractivity contribution is 7.16. The molecule has 92 valence electrons. The molecule has 0 aliphatic carbocycles. The summed E-state index contributed by atoms with van der Waals surface area (Å²) in [5, 5.41) is 11.4. The van der Waals surface area contributed by atoms with Gasteiger partial charge in [-0.3, -0.25) is 4.79 Å². The number of aliphatic carboxylic acids is 1. The van der Waals surface area contributed by atoms with Crippen molar-refractivity contribution < 1.29 is 14.7 Å². The Labute approximate surface area is 108 Å². The minimum atomic E-state index is -1.09. The second-order valence-electron chi connectivity index (χ2n) is 3.44. The highest BCUT2D eigenvalue weighted by Gasteiger charge is 2.12. The summed E-state index contributed by atoms with van der Waals surface area (Å²) < 4.78 is 0.656. The molecule has 0 aliphatic heterocycles. The topological polar surface area (TPSA) is 66.4 Å². The Morgan fingerprint density at radius 1 is 1.35 bits per heavy atom. The first-order valence-electron chi connectivity index (χ1n) is 4.85. The molecule has 4 nitrogen and oxygen atoms in total. The van der Waals surface area contributed by atoms with Gasteiger partial charge in [0.15, 0.2) is 0 Å². The first kappa shape index (κ1) is 13.7. The van der Waals surface area contributed by atoms with Crippen molar-refractivity contribution in [2.45, 2.75) is 20.4 Å². The molecule has 0 saturated carbocycles. The number of thiophene rings is 1. The third-order valence-electron chi connectivity index (χ3n) is 2.28. The molecule has 1 rings (SSSR count). The molecule has 1 aromatic rings. The van der Waals surface area contributed by atoms with Gasteiger partial charge in [0.05, 0.1) is 10.9 Å². The van der Waals surface area contributed by atoms with Crippen LogP contribution in [0.4, 0.5) is 0 Å². The summed E-state index contributed by atoms with van der Waals surface area (Å²) >= 11 is 7.12. The zero-order chi connectivity index (χ0) is 13.0. The lowest BCUT2D eigenvalue weighted by atomic mass is 10.1. The van der Waals surface area contributed by atoms with E-state index in [1.54, 1.807) is 6.07 Å². The van der Waals surface area contributed by atoms with Crippen LogP contribution in [0.5, 0.6) is 0 Å². The van der Waals surface area contributed by atoms with Gasteiger partial charge in [-0.05, 0) is 26.0 Å². The quantitative estimate of drug-likeness (QED) is 0.828. The molecule has 0 unspecified atom stereocenters. The maximum Gasteiger partial charge on any atom is 0.331 e. The smallest absolute Gasteiger partial charge is 0.331 e. The van der Waals surface area contributed by atoms with Crippen LogP contribution in [0.25, 0.3) is 0 Å². The molecular weight excluding hydrogens is 262 g/mol. The van der Waals surface area contributed by atoms with Crippen LogP contribution in [-0.2, 0) is 16.1 Å². The van der Waals surface area contributed by atoms with Gasteiger partial charge >= 0.3 is 5.97 Å². The van der Waals surface area contributed by atoms with Gasteiger partial charge in [0, 0.05) is 16.0 Å². The summed E-state index contributed by atoms with van der Waals surface area (Å²) in [4.78, 5) is 23.2. The summed E-state index contributed by atoms with van der Waals surface area (Å²) in [7, 11) is 0. The van der Waals surface area contributed by atoms with Crippen molar-refractivity contribution in [2.24, 2.45) is 0 Å². The minimum Gasteiger partial charge on any atom is -0.478 e. The molecule has 0 aliphatic rings. The van der Waals surface area contributed by atoms with Crippen molar-refractivity contribution in [3.8, 4) is 0 Å². The Hall–Kier alpha value is -1.33. The van der Waals surface area contributed by atoms with Crippen LogP contribution in [0.3, 0.4) is 0 Å². The molecule has 17 heavy (non-hydrogen) atoms. The Bertz CT molecular complexity index is 479. The fraction of sp³-hybridized carbons (Fsp3) is 0.273. The summed E-state index contributed by atoms with van der Waals surface area (Å²) in [6.07, 6.45) is 0. The zero-order valence-electron chi connectivity index (χ0n) is 9.41. The number of hydrogen-bond acceptors (Lipinski definition) is 3. The lowest BCUT2D eigenvalue weighted by Crippen LogP contribution is -2.24. The number of carboxylic acid groups (broad SMARTS) is 1.